The SMILES string of the molecule is CC(NC(=O)c1ccc(=O)[nH]c1)c1ccccc1Cl. The molecule has 2 aromatic rings. The van der Waals surface area contributed by atoms with Crippen LogP contribution in [-0.4, -0.2) is 10.9 Å². The number of halogens is 1. The maximum atomic E-state index is 12.0. The highest BCUT2D eigenvalue weighted by Gasteiger charge is 2.13. The third-order valence-electron chi connectivity index (χ3n) is 2.77. The minimum atomic E-state index is -0.260. The van der Waals surface area contributed by atoms with E-state index in [1.807, 2.05) is 25.1 Å². The Morgan fingerprint density at radius 3 is 2.63 bits per heavy atom. The average molecular weight is 277 g/mol. The number of hydrogen-bond acceptors (Lipinski definition) is 2. The zero-order valence-electron chi connectivity index (χ0n) is 10.3. The molecule has 0 radical (unpaired) electrons. The van der Waals surface area contributed by atoms with Crippen LogP contribution in [0.25, 0.3) is 0 Å². The lowest BCUT2D eigenvalue weighted by Crippen LogP contribution is -2.27. The van der Waals surface area contributed by atoms with Gasteiger partial charge in [0.15, 0.2) is 0 Å². The van der Waals surface area contributed by atoms with Gasteiger partial charge in [-0.15, -0.1) is 0 Å². The van der Waals surface area contributed by atoms with E-state index in [9.17, 15) is 9.59 Å². The molecule has 2 N–H and O–H groups in total. The number of aromatic nitrogens is 1. The van der Waals surface area contributed by atoms with Crippen LogP contribution in [0.15, 0.2) is 47.4 Å². The molecule has 2 rings (SSSR count). The Bertz CT molecular complexity index is 631. The van der Waals surface area contributed by atoms with Gasteiger partial charge >= 0.3 is 0 Å². The van der Waals surface area contributed by atoms with Crippen LogP contribution in [0, 0.1) is 0 Å². The number of amides is 1. The highest BCUT2D eigenvalue weighted by Crippen LogP contribution is 2.22. The van der Waals surface area contributed by atoms with Crippen LogP contribution in [0.1, 0.15) is 28.9 Å². The van der Waals surface area contributed by atoms with Crippen molar-refractivity contribution in [1.29, 1.82) is 0 Å². The molecule has 0 bridgehead atoms. The third-order valence-corrected chi connectivity index (χ3v) is 3.11. The van der Waals surface area contributed by atoms with E-state index in [2.05, 4.69) is 10.3 Å². The fourth-order valence-electron chi connectivity index (χ4n) is 1.74. The van der Waals surface area contributed by atoms with Crippen LogP contribution >= 0.6 is 11.6 Å². The van der Waals surface area contributed by atoms with E-state index in [4.69, 9.17) is 11.6 Å². The van der Waals surface area contributed by atoms with Crippen LogP contribution in [0.4, 0.5) is 0 Å². The number of carbonyl (C=O) groups excluding carboxylic acids is 1. The number of aromatic amines is 1. The zero-order chi connectivity index (χ0) is 13.8. The summed E-state index contributed by atoms with van der Waals surface area (Å²) < 4.78 is 0. The topological polar surface area (TPSA) is 62.0 Å². The Balaban J connectivity index is 2.13. The number of benzene rings is 1. The van der Waals surface area contributed by atoms with Crippen molar-refractivity contribution in [3.05, 3.63) is 69.1 Å². The smallest absolute Gasteiger partial charge is 0.253 e. The summed E-state index contributed by atoms with van der Waals surface area (Å²) in [5, 5.41) is 3.44. The van der Waals surface area contributed by atoms with Crippen LogP contribution in [-0.2, 0) is 0 Å². The summed E-state index contributed by atoms with van der Waals surface area (Å²) in [7, 11) is 0. The molecule has 1 amide bonds. The second-order valence-corrected chi connectivity index (χ2v) is 4.57. The highest BCUT2D eigenvalue weighted by molar-refractivity contribution is 6.31. The Kier molecular flexibility index (Phi) is 4.02. The van der Waals surface area contributed by atoms with Gasteiger partial charge in [-0.25, -0.2) is 0 Å². The van der Waals surface area contributed by atoms with E-state index in [0.717, 1.165) is 5.56 Å². The van der Waals surface area contributed by atoms with Gasteiger partial charge in [-0.3, -0.25) is 9.59 Å². The van der Waals surface area contributed by atoms with Gasteiger partial charge in [0.25, 0.3) is 5.91 Å². The highest BCUT2D eigenvalue weighted by atomic mass is 35.5. The normalized spacial score (nSPS) is 11.9. The van der Waals surface area contributed by atoms with Crippen molar-refractivity contribution >= 4 is 17.5 Å². The maximum Gasteiger partial charge on any atom is 0.253 e. The van der Waals surface area contributed by atoms with E-state index in [1.165, 1.54) is 18.3 Å². The van der Waals surface area contributed by atoms with Gasteiger partial charge in [0.1, 0.15) is 0 Å². The van der Waals surface area contributed by atoms with Crippen LogP contribution in [0.5, 0.6) is 0 Å². The minimum Gasteiger partial charge on any atom is -0.345 e. The molecule has 0 aliphatic carbocycles. The fraction of sp³-hybridized carbons (Fsp3) is 0.143. The lowest BCUT2D eigenvalue weighted by molar-refractivity contribution is 0.0939. The van der Waals surface area contributed by atoms with Crippen molar-refractivity contribution < 1.29 is 4.79 Å². The van der Waals surface area contributed by atoms with Gasteiger partial charge in [0.05, 0.1) is 11.6 Å². The van der Waals surface area contributed by atoms with Gasteiger partial charge in [-0.05, 0) is 24.6 Å². The van der Waals surface area contributed by atoms with Crippen LogP contribution in [0.3, 0.4) is 0 Å². The molecule has 1 aromatic heterocycles. The number of H-pyrrole nitrogens is 1. The molecule has 1 aromatic carbocycles. The Hall–Kier alpha value is -2.07. The lowest BCUT2D eigenvalue weighted by Gasteiger charge is -2.15. The Morgan fingerprint density at radius 1 is 1.26 bits per heavy atom. The number of pyridine rings is 1. The van der Waals surface area contributed by atoms with Crippen molar-refractivity contribution in [1.82, 2.24) is 10.3 Å². The standard InChI is InChI=1S/C14H13ClN2O2/c1-9(11-4-2-3-5-12(11)15)17-14(19)10-6-7-13(18)16-8-10/h2-9H,1H3,(H,16,18)(H,17,19). The van der Waals surface area contributed by atoms with Crippen LogP contribution in [0.2, 0.25) is 5.02 Å². The molecule has 1 heterocycles. The zero-order valence-corrected chi connectivity index (χ0v) is 11.1. The molecule has 0 aliphatic rings. The minimum absolute atomic E-state index is 0.215. The van der Waals surface area contributed by atoms with Gasteiger partial charge in [-0.1, -0.05) is 29.8 Å². The monoisotopic (exact) mass is 276 g/mol. The van der Waals surface area contributed by atoms with Gasteiger partial charge < -0.3 is 10.3 Å². The molecule has 4 nitrogen and oxygen atoms in total. The maximum absolute atomic E-state index is 12.0. The Labute approximate surface area is 115 Å². The molecule has 0 saturated carbocycles. The van der Waals surface area contributed by atoms with Gasteiger partial charge in [0, 0.05) is 17.3 Å². The molecule has 1 atom stereocenters. The largest absolute Gasteiger partial charge is 0.345 e. The molecule has 0 aliphatic heterocycles. The number of rotatable bonds is 3. The predicted molar refractivity (Wildman–Crippen MR) is 74.4 cm³/mol. The number of hydrogen-bond donors (Lipinski definition) is 2. The van der Waals surface area contributed by atoms with Crippen LogP contribution < -0.4 is 10.9 Å². The first-order valence-corrected chi connectivity index (χ1v) is 6.20. The second kappa shape index (κ2) is 5.71. The summed E-state index contributed by atoms with van der Waals surface area (Å²) in [5.41, 5.74) is 1.01. The van der Waals surface area contributed by atoms with E-state index in [-0.39, 0.29) is 17.5 Å². The fourth-order valence-corrected chi connectivity index (χ4v) is 2.04. The van der Waals surface area contributed by atoms with Crippen molar-refractivity contribution in [3.8, 4) is 0 Å². The second-order valence-electron chi connectivity index (χ2n) is 4.16. The summed E-state index contributed by atoms with van der Waals surface area (Å²) in [6, 6.07) is 9.92. The van der Waals surface area contributed by atoms with Crippen molar-refractivity contribution in [2.75, 3.05) is 0 Å². The van der Waals surface area contributed by atoms with E-state index >= 15 is 0 Å². The van der Waals surface area contributed by atoms with Crippen molar-refractivity contribution in [3.63, 3.8) is 0 Å². The number of nitrogens with one attached hydrogen (secondary N) is 2. The first kappa shape index (κ1) is 13.4. The summed E-state index contributed by atoms with van der Waals surface area (Å²) >= 11 is 6.07. The summed E-state index contributed by atoms with van der Waals surface area (Å²) in [5.74, 6) is -0.260. The van der Waals surface area contributed by atoms with Crippen molar-refractivity contribution in [2.24, 2.45) is 0 Å². The molecule has 19 heavy (non-hydrogen) atoms. The molecule has 1 unspecified atom stereocenters. The predicted octanol–water partition coefficient (Wildman–Crippen LogP) is 2.52. The summed E-state index contributed by atoms with van der Waals surface area (Å²) in [6.07, 6.45) is 1.39. The average Bonchev–Trinajstić information content (AvgIpc) is 2.39. The molecular weight excluding hydrogens is 264 g/mol. The molecule has 5 heteroatoms. The van der Waals surface area contributed by atoms with Crippen molar-refractivity contribution in [2.45, 2.75) is 13.0 Å². The molecule has 0 saturated heterocycles. The molecular formula is C14H13ClN2O2. The molecule has 0 spiro atoms. The summed E-state index contributed by atoms with van der Waals surface area (Å²) in [6.45, 7) is 1.85. The molecule has 98 valence electrons. The van der Waals surface area contributed by atoms with E-state index in [1.54, 1.807) is 6.07 Å². The first-order valence-electron chi connectivity index (χ1n) is 5.82. The quantitative estimate of drug-likeness (QED) is 0.905. The summed E-state index contributed by atoms with van der Waals surface area (Å²) in [4.78, 5) is 25.4. The lowest BCUT2D eigenvalue weighted by atomic mass is 10.1. The van der Waals surface area contributed by atoms with Gasteiger partial charge in [0.2, 0.25) is 5.56 Å². The van der Waals surface area contributed by atoms with E-state index < -0.39 is 0 Å². The Morgan fingerprint density at radius 2 is 2.00 bits per heavy atom. The first-order chi connectivity index (χ1) is 9.08. The third kappa shape index (κ3) is 3.23. The number of carbonyl (C=O) groups is 1. The van der Waals surface area contributed by atoms with Gasteiger partial charge in [-0.2, -0.15) is 0 Å². The molecule has 0 fully saturated rings. The van der Waals surface area contributed by atoms with E-state index in [0.29, 0.717) is 10.6 Å².